The summed E-state index contributed by atoms with van der Waals surface area (Å²) in [6.07, 6.45) is 5.70. The van der Waals surface area contributed by atoms with Gasteiger partial charge in [-0.3, -0.25) is 4.79 Å². The van der Waals surface area contributed by atoms with E-state index in [2.05, 4.69) is 31.4 Å². The molecule has 1 amide bonds. The van der Waals surface area contributed by atoms with E-state index in [0.717, 1.165) is 51.2 Å². The number of nitrogens with zero attached hydrogens (tertiary/aromatic N) is 1. The largest absolute Gasteiger partial charge is 0.481 e. The smallest absolute Gasteiger partial charge is 0.404 e. The summed E-state index contributed by atoms with van der Waals surface area (Å²) in [5, 5.41) is 6.75. The fourth-order valence-corrected chi connectivity index (χ4v) is 6.61. The monoisotopic (exact) mass is 375 g/mol. The van der Waals surface area contributed by atoms with Gasteiger partial charge in [-0.25, -0.2) is 0 Å². The second-order valence-electron chi connectivity index (χ2n) is 10.2. The molecule has 7 heteroatoms. The van der Waals surface area contributed by atoms with Gasteiger partial charge in [0.2, 0.25) is 5.91 Å². The van der Waals surface area contributed by atoms with Crippen LogP contribution in [-0.2, 0) is 14.1 Å². The number of carbonyl (C=O) groups is 1. The van der Waals surface area contributed by atoms with Gasteiger partial charge in [0, 0.05) is 19.1 Å². The lowest BCUT2D eigenvalue weighted by Crippen LogP contribution is -2.65. The molecule has 0 radical (unpaired) electrons. The maximum atomic E-state index is 12.9. The van der Waals surface area contributed by atoms with Crippen LogP contribution >= 0.6 is 0 Å². The number of rotatable bonds is 4. The van der Waals surface area contributed by atoms with Gasteiger partial charge in [0.25, 0.3) is 0 Å². The van der Waals surface area contributed by atoms with Crippen molar-refractivity contribution in [2.45, 2.75) is 76.6 Å². The van der Waals surface area contributed by atoms with Crippen LogP contribution in [0.1, 0.15) is 52.9 Å². The van der Waals surface area contributed by atoms with Crippen LogP contribution in [0.5, 0.6) is 0 Å². The van der Waals surface area contributed by atoms with Crippen LogP contribution in [0.4, 0.5) is 0 Å². The van der Waals surface area contributed by atoms with Gasteiger partial charge >= 0.3 is 7.12 Å². The second kappa shape index (κ2) is 6.44. The quantitative estimate of drug-likeness (QED) is 0.723. The van der Waals surface area contributed by atoms with Gasteiger partial charge in [0.15, 0.2) is 0 Å². The van der Waals surface area contributed by atoms with Gasteiger partial charge in [0.05, 0.1) is 24.2 Å². The van der Waals surface area contributed by atoms with E-state index in [0.29, 0.717) is 23.9 Å². The molecular formula is C20H34BN3O3. The average Bonchev–Trinajstić information content (AvgIpc) is 3.36. The Bertz CT molecular complexity index is 611. The SMILES string of the molecule is CC1(C)[C@H]2C[C@H]1[C@]1(C)OB([C@@H]3CCCN3C(=O)CN[C@@H]3CCNC3)O[C@@H]1C2. The van der Waals surface area contributed by atoms with Crippen molar-refractivity contribution in [3.8, 4) is 0 Å². The van der Waals surface area contributed by atoms with Crippen molar-refractivity contribution >= 4 is 13.0 Å². The molecule has 6 fully saturated rings. The predicted molar refractivity (Wildman–Crippen MR) is 104 cm³/mol. The number of amides is 1. The predicted octanol–water partition coefficient (Wildman–Crippen LogP) is 1.20. The zero-order chi connectivity index (χ0) is 18.8. The number of hydrogen-bond donors (Lipinski definition) is 2. The van der Waals surface area contributed by atoms with E-state index >= 15 is 0 Å². The third-order valence-corrected chi connectivity index (χ3v) is 8.50. The van der Waals surface area contributed by atoms with Crippen LogP contribution < -0.4 is 10.6 Å². The van der Waals surface area contributed by atoms with E-state index in [-0.39, 0.29) is 30.7 Å². The van der Waals surface area contributed by atoms with Crippen LogP contribution in [0, 0.1) is 17.3 Å². The Hall–Kier alpha value is -0.625. The second-order valence-corrected chi connectivity index (χ2v) is 10.2. The van der Waals surface area contributed by atoms with Crippen LogP contribution in [0.3, 0.4) is 0 Å². The molecule has 150 valence electrons. The Kier molecular flexibility index (Phi) is 4.39. The summed E-state index contributed by atoms with van der Waals surface area (Å²) in [6, 6.07) is 0.421. The van der Waals surface area contributed by atoms with E-state index in [1.165, 1.54) is 6.42 Å². The van der Waals surface area contributed by atoms with Gasteiger partial charge < -0.3 is 24.8 Å². The number of nitrogens with one attached hydrogen (secondary N) is 2. The van der Waals surface area contributed by atoms with Crippen molar-refractivity contribution < 1.29 is 14.1 Å². The zero-order valence-corrected chi connectivity index (χ0v) is 17.0. The molecule has 3 aliphatic heterocycles. The zero-order valence-electron chi connectivity index (χ0n) is 17.0. The van der Waals surface area contributed by atoms with Crippen molar-refractivity contribution in [2.24, 2.45) is 17.3 Å². The Morgan fingerprint density at radius 1 is 1.30 bits per heavy atom. The molecule has 3 aliphatic carbocycles. The first-order valence-electron chi connectivity index (χ1n) is 11.0. The summed E-state index contributed by atoms with van der Waals surface area (Å²) >= 11 is 0. The maximum Gasteiger partial charge on any atom is 0.481 e. The number of carbonyl (C=O) groups excluding carboxylic acids is 1. The van der Waals surface area contributed by atoms with Crippen molar-refractivity contribution in [1.29, 1.82) is 0 Å². The van der Waals surface area contributed by atoms with Crippen molar-refractivity contribution in [3.63, 3.8) is 0 Å². The minimum absolute atomic E-state index is 0.0729. The normalized spacial score (nSPS) is 45.1. The minimum atomic E-state index is -0.255. The minimum Gasteiger partial charge on any atom is -0.404 e. The van der Waals surface area contributed by atoms with Crippen LogP contribution in [-0.4, -0.2) is 67.8 Å². The van der Waals surface area contributed by atoms with Gasteiger partial charge in [-0.05, 0) is 62.8 Å². The molecular weight excluding hydrogens is 341 g/mol. The van der Waals surface area contributed by atoms with Gasteiger partial charge in [0.1, 0.15) is 0 Å². The lowest BCUT2D eigenvalue weighted by atomic mass is 9.43. The molecule has 6 aliphatic rings. The van der Waals surface area contributed by atoms with E-state index in [1.54, 1.807) is 0 Å². The molecule has 6 nitrogen and oxygen atoms in total. The summed E-state index contributed by atoms with van der Waals surface area (Å²) in [6.45, 7) is 10.3. The summed E-state index contributed by atoms with van der Waals surface area (Å²) in [4.78, 5) is 14.9. The Morgan fingerprint density at radius 2 is 2.15 bits per heavy atom. The standard InChI is InChI=1S/C20H34BN3O3/c1-19(2)13-9-15(19)20(3)16(10-13)26-21(27-20)17-5-4-8-24(17)18(25)12-23-14-6-7-22-11-14/h13-17,22-23H,4-12H2,1-3H3/t13-,14+,15+,16+,17-,20-/m0/s1. The first-order chi connectivity index (χ1) is 12.9. The maximum absolute atomic E-state index is 12.9. The number of hydrogen-bond acceptors (Lipinski definition) is 5. The highest BCUT2D eigenvalue weighted by Gasteiger charge is 2.69. The molecule has 3 saturated heterocycles. The highest BCUT2D eigenvalue weighted by atomic mass is 16.7. The van der Waals surface area contributed by atoms with Gasteiger partial charge in [-0.1, -0.05) is 13.8 Å². The average molecular weight is 375 g/mol. The first kappa shape index (κ1) is 18.4. The fraction of sp³-hybridized carbons (Fsp3) is 0.950. The molecule has 0 spiro atoms. The topological polar surface area (TPSA) is 62.8 Å². The Morgan fingerprint density at radius 3 is 2.89 bits per heavy atom. The fourth-order valence-electron chi connectivity index (χ4n) is 6.61. The molecule has 0 aromatic carbocycles. The number of likely N-dealkylation sites (tertiary alicyclic amines) is 1. The lowest BCUT2D eigenvalue weighted by Gasteiger charge is -2.64. The summed E-state index contributed by atoms with van der Waals surface area (Å²) < 4.78 is 13.1. The first-order valence-corrected chi connectivity index (χ1v) is 11.0. The van der Waals surface area contributed by atoms with Gasteiger partial charge in [-0.15, -0.1) is 0 Å². The third-order valence-electron chi connectivity index (χ3n) is 8.50. The molecule has 2 bridgehead atoms. The molecule has 2 N–H and O–H groups in total. The van der Waals surface area contributed by atoms with Crippen molar-refractivity contribution in [3.05, 3.63) is 0 Å². The highest BCUT2D eigenvalue weighted by molar-refractivity contribution is 6.48. The molecule has 6 atom stereocenters. The molecule has 0 unspecified atom stereocenters. The highest BCUT2D eigenvalue weighted by Crippen LogP contribution is 2.65. The Balaban J connectivity index is 1.24. The summed E-state index contributed by atoms with van der Waals surface area (Å²) in [7, 11) is -0.255. The molecule has 27 heavy (non-hydrogen) atoms. The lowest BCUT2D eigenvalue weighted by molar-refractivity contribution is -0.199. The van der Waals surface area contributed by atoms with E-state index in [1.807, 2.05) is 4.90 Å². The van der Waals surface area contributed by atoms with E-state index < -0.39 is 0 Å². The Labute approximate surface area is 163 Å². The molecule has 3 saturated carbocycles. The van der Waals surface area contributed by atoms with Crippen LogP contribution in [0.15, 0.2) is 0 Å². The summed E-state index contributed by atoms with van der Waals surface area (Å²) in [5.41, 5.74) is 0.169. The van der Waals surface area contributed by atoms with Crippen molar-refractivity contribution in [1.82, 2.24) is 15.5 Å². The van der Waals surface area contributed by atoms with Crippen LogP contribution in [0.25, 0.3) is 0 Å². The van der Waals surface area contributed by atoms with Crippen molar-refractivity contribution in [2.75, 3.05) is 26.2 Å². The molecule has 0 aromatic heterocycles. The van der Waals surface area contributed by atoms with E-state index in [9.17, 15) is 4.79 Å². The third kappa shape index (κ3) is 2.80. The molecule has 6 rings (SSSR count). The molecule has 3 heterocycles. The van der Waals surface area contributed by atoms with E-state index in [4.69, 9.17) is 9.31 Å². The van der Waals surface area contributed by atoms with Gasteiger partial charge in [-0.2, -0.15) is 0 Å². The molecule has 0 aromatic rings. The van der Waals surface area contributed by atoms with Crippen LogP contribution in [0.2, 0.25) is 0 Å². The summed E-state index contributed by atoms with van der Waals surface area (Å²) in [5.74, 6) is 1.60.